The Morgan fingerprint density at radius 2 is 2.19 bits per heavy atom. The molecule has 0 aliphatic carbocycles. The lowest BCUT2D eigenvalue weighted by Gasteiger charge is -1.99. The summed E-state index contributed by atoms with van der Waals surface area (Å²) in [7, 11) is 0. The molecule has 1 fully saturated rings. The lowest BCUT2D eigenvalue weighted by molar-refractivity contribution is 0.192. The summed E-state index contributed by atoms with van der Waals surface area (Å²) in [5.41, 5.74) is 3.82. The minimum atomic E-state index is 0.240. The number of fused-ring (bicyclic) bond motifs is 1. The van der Waals surface area contributed by atoms with Gasteiger partial charge in [0.2, 0.25) is 0 Å². The van der Waals surface area contributed by atoms with Gasteiger partial charge in [-0.1, -0.05) is 5.16 Å². The van der Waals surface area contributed by atoms with Crippen LogP contribution in [0.5, 0.6) is 0 Å². The standard InChI is InChI=1S/C15H16N4O2/c1-9-3-5-19-12(7-9)16-10(2)13(19)15-17-14(18-21-15)11-4-6-20-8-11/h3,5,7,11H,4,6,8H2,1-2H3/t11-/m0/s1. The Bertz CT molecular complexity index is 799. The van der Waals surface area contributed by atoms with Crippen LogP contribution in [0.25, 0.3) is 17.2 Å². The molecule has 0 amide bonds. The zero-order valence-electron chi connectivity index (χ0n) is 12.0. The van der Waals surface area contributed by atoms with E-state index in [1.807, 2.05) is 29.7 Å². The monoisotopic (exact) mass is 284 g/mol. The number of imidazole rings is 1. The molecule has 4 rings (SSSR count). The molecule has 0 aromatic carbocycles. The van der Waals surface area contributed by atoms with Gasteiger partial charge < -0.3 is 9.26 Å². The van der Waals surface area contributed by atoms with Crippen LogP contribution in [0.3, 0.4) is 0 Å². The molecule has 1 atom stereocenters. The summed E-state index contributed by atoms with van der Waals surface area (Å²) in [6.45, 7) is 5.45. The third-order valence-corrected chi connectivity index (χ3v) is 3.90. The molecule has 3 aromatic heterocycles. The van der Waals surface area contributed by atoms with E-state index in [1.165, 1.54) is 5.56 Å². The number of pyridine rings is 1. The molecule has 1 saturated heterocycles. The second-order valence-corrected chi connectivity index (χ2v) is 5.50. The van der Waals surface area contributed by atoms with Crippen molar-refractivity contribution in [3.63, 3.8) is 0 Å². The Morgan fingerprint density at radius 1 is 1.29 bits per heavy atom. The van der Waals surface area contributed by atoms with Gasteiger partial charge in [-0.05, 0) is 38.0 Å². The maximum atomic E-state index is 5.46. The van der Waals surface area contributed by atoms with Gasteiger partial charge in [0, 0.05) is 18.7 Å². The topological polar surface area (TPSA) is 65.5 Å². The molecule has 4 heterocycles. The van der Waals surface area contributed by atoms with Crippen LogP contribution in [0.1, 0.15) is 29.4 Å². The molecule has 6 nitrogen and oxygen atoms in total. The second-order valence-electron chi connectivity index (χ2n) is 5.50. The van der Waals surface area contributed by atoms with E-state index >= 15 is 0 Å². The van der Waals surface area contributed by atoms with E-state index in [2.05, 4.69) is 22.0 Å². The molecule has 0 N–H and O–H groups in total. The highest BCUT2D eigenvalue weighted by Crippen LogP contribution is 2.28. The van der Waals surface area contributed by atoms with Crippen LogP contribution in [0.2, 0.25) is 0 Å². The van der Waals surface area contributed by atoms with Crippen LogP contribution in [-0.2, 0) is 4.74 Å². The Kier molecular flexibility index (Phi) is 2.78. The van der Waals surface area contributed by atoms with E-state index in [9.17, 15) is 0 Å². The van der Waals surface area contributed by atoms with Gasteiger partial charge >= 0.3 is 0 Å². The third kappa shape index (κ3) is 2.03. The van der Waals surface area contributed by atoms with Crippen molar-refractivity contribution in [2.45, 2.75) is 26.2 Å². The predicted octanol–water partition coefficient (Wildman–Crippen LogP) is 2.51. The third-order valence-electron chi connectivity index (χ3n) is 3.90. The van der Waals surface area contributed by atoms with Gasteiger partial charge in [-0.3, -0.25) is 4.40 Å². The highest BCUT2D eigenvalue weighted by Gasteiger charge is 2.25. The van der Waals surface area contributed by atoms with Crippen molar-refractivity contribution in [3.8, 4) is 11.6 Å². The number of hydrogen-bond donors (Lipinski definition) is 0. The fourth-order valence-corrected chi connectivity index (χ4v) is 2.76. The van der Waals surface area contributed by atoms with E-state index in [0.717, 1.165) is 35.9 Å². The van der Waals surface area contributed by atoms with E-state index in [-0.39, 0.29) is 5.92 Å². The van der Waals surface area contributed by atoms with Crippen LogP contribution in [0, 0.1) is 13.8 Å². The summed E-state index contributed by atoms with van der Waals surface area (Å²) >= 11 is 0. The Morgan fingerprint density at radius 3 is 3.00 bits per heavy atom. The first-order valence-corrected chi connectivity index (χ1v) is 7.09. The van der Waals surface area contributed by atoms with Crippen molar-refractivity contribution < 1.29 is 9.26 Å². The number of hydrogen-bond acceptors (Lipinski definition) is 5. The molecule has 0 bridgehead atoms. The van der Waals surface area contributed by atoms with Crippen LogP contribution in [-0.4, -0.2) is 32.7 Å². The van der Waals surface area contributed by atoms with Crippen molar-refractivity contribution in [1.29, 1.82) is 0 Å². The largest absolute Gasteiger partial charge is 0.381 e. The number of aromatic nitrogens is 4. The summed E-state index contributed by atoms with van der Waals surface area (Å²) in [6, 6.07) is 4.08. The van der Waals surface area contributed by atoms with Crippen molar-refractivity contribution in [3.05, 3.63) is 35.4 Å². The molecule has 108 valence electrons. The summed E-state index contributed by atoms with van der Waals surface area (Å²) in [4.78, 5) is 9.12. The molecule has 0 unspecified atom stereocenters. The predicted molar refractivity (Wildman–Crippen MR) is 76.1 cm³/mol. The van der Waals surface area contributed by atoms with Crippen molar-refractivity contribution in [2.24, 2.45) is 0 Å². The smallest absolute Gasteiger partial charge is 0.276 e. The SMILES string of the molecule is Cc1ccn2c(-c3nc([C@H]4CCOC4)no3)c(C)nc2c1. The molecule has 3 aromatic rings. The maximum absolute atomic E-state index is 5.46. The average molecular weight is 284 g/mol. The van der Waals surface area contributed by atoms with Gasteiger partial charge in [0.25, 0.3) is 5.89 Å². The fraction of sp³-hybridized carbons (Fsp3) is 0.400. The zero-order chi connectivity index (χ0) is 14.4. The molecule has 1 aliphatic heterocycles. The quantitative estimate of drug-likeness (QED) is 0.723. The molecule has 21 heavy (non-hydrogen) atoms. The minimum Gasteiger partial charge on any atom is -0.381 e. The Balaban J connectivity index is 1.81. The van der Waals surface area contributed by atoms with Crippen LogP contribution in [0.15, 0.2) is 22.9 Å². The zero-order valence-corrected chi connectivity index (χ0v) is 12.0. The fourth-order valence-electron chi connectivity index (χ4n) is 2.76. The minimum absolute atomic E-state index is 0.240. The molecule has 0 saturated carbocycles. The van der Waals surface area contributed by atoms with Crippen molar-refractivity contribution in [1.82, 2.24) is 19.5 Å². The molecular formula is C15H16N4O2. The first-order chi connectivity index (χ1) is 10.2. The number of nitrogens with zero attached hydrogens (tertiary/aromatic N) is 4. The highest BCUT2D eigenvalue weighted by atomic mass is 16.5. The summed E-state index contributed by atoms with van der Waals surface area (Å²) < 4.78 is 12.8. The normalized spacial score (nSPS) is 18.7. The van der Waals surface area contributed by atoms with Crippen molar-refractivity contribution in [2.75, 3.05) is 13.2 Å². The molecule has 0 spiro atoms. The van der Waals surface area contributed by atoms with Crippen LogP contribution >= 0.6 is 0 Å². The highest BCUT2D eigenvalue weighted by molar-refractivity contribution is 5.60. The van der Waals surface area contributed by atoms with Gasteiger partial charge in [-0.15, -0.1) is 0 Å². The lowest BCUT2D eigenvalue weighted by Crippen LogP contribution is -1.99. The van der Waals surface area contributed by atoms with Gasteiger partial charge in [0.15, 0.2) is 5.82 Å². The summed E-state index contributed by atoms with van der Waals surface area (Å²) in [6.07, 6.45) is 2.94. The summed E-state index contributed by atoms with van der Waals surface area (Å²) in [5.74, 6) is 1.49. The second kappa shape index (κ2) is 4.66. The molecular weight excluding hydrogens is 268 g/mol. The Labute approximate surface area is 121 Å². The first-order valence-electron chi connectivity index (χ1n) is 7.09. The number of rotatable bonds is 2. The van der Waals surface area contributed by atoms with E-state index in [4.69, 9.17) is 9.26 Å². The Hall–Kier alpha value is -2.21. The lowest BCUT2D eigenvalue weighted by atomic mass is 10.1. The molecule has 6 heteroatoms. The average Bonchev–Trinajstić information content (AvgIpc) is 3.15. The van der Waals surface area contributed by atoms with E-state index < -0.39 is 0 Å². The summed E-state index contributed by atoms with van der Waals surface area (Å²) in [5, 5.41) is 4.11. The first kappa shape index (κ1) is 12.5. The molecule has 1 aliphatic rings. The van der Waals surface area contributed by atoms with Crippen LogP contribution in [0.4, 0.5) is 0 Å². The van der Waals surface area contributed by atoms with Gasteiger partial charge in [0.1, 0.15) is 11.3 Å². The van der Waals surface area contributed by atoms with Gasteiger partial charge in [-0.25, -0.2) is 4.98 Å². The number of aryl methyl sites for hydroxylation is 2. The van der Waals surface area contributed by atoms with E-state index in [1.54, 1.807) is 0 Å². The van der Waals surface area contributed by atoms with Gasteiger partial charge in [-0.2, -0.15) is 4.98 Å². The molecule has 0 radical (unpaired) electrons. The van der Waals surface area contributed by atoms with Crippen molar-refractivity contribution >= 4 is 5.65 Å². The van der Waals surface area contributed by atoms with E-state index in [0.29, 0.717) is 12.5 Å². The number of ether oxygens (including phenoxy) is 1. The maximum Gasteiger partial charge on any atom is 0.276 e. The van der Waals surface area contributed by atoms with Gasteiger partial charge in [0.05, 0.1) is 12.3 Å². The van der Waals surface area contributed by atoms with Crippen LogP contribution < -0.4 is 0 Å².